The summed E-state index contributed by atoms with van der Waals surface area (Å²) in [7, 11) is -2.54. The molecule has 146 valence electrons. The Morgan fingerprint density at radius 1 is 1.22 bits per heavy atom. The van der Waals surface area contributed by atoms with Crippen LogP contribution >= 0.6 is 27.3 Å². The molecular weight excluding hydrogens is 458 g/mol. The van der Waals surface area contributed by atoms with Crippen molar-refractivity contribution in [2.75, 3.05) is 33.3 Å². The second kappa shape index (κ2) is 8.23. The first-order valence-electron chi connectivity index (χ1n) is 8.10. The first-order chi connectivity index (χ1) is 12.8. The molecule has 0 radical (unpaired) electrons. The molecule has 0 saturated carbocycles. The van der Waals surface area contributed by atoms with Crippen LogP contribution in [0.4, 0.5) is 5.69 Å². The van der Waals surface area contributed by atoms with E-state index in [0.717, 1.165) is 16.4 Å². The lowest BCUT2D eigenvalue weighted by Gasteiger charge is -2.33. The van der Waals surface area contributed by atoms with Crippen LogP contribution in [0, 0.1) is 10.1 Å². The summed E-state index contributed by atoms with van der Waals surface area (Å²) < 4.78 is 33.6. The van der Waals surface area contributed by atoms with Gasteiger partial charge in [-0.1, -0.05) is 0 Å². The molecule has 11 heteroatoms. The molecule has 1 aromatic carbocycles. The molecule has 1 saturated heterocycles. The van der Waals surface area contributed by atoms with Crippen LogP contribution in [0.25, 0.3) is 0 Å². The summed E-state index contributed by atoms with van der Waals surface area (Å²) in [5.74, 6) is 0.103. The zero-order valence-corrected chi connectivity index (χ0v) is 17.7. The van der Waals surface area contributed by atoms with Crippen molar-refractivity contribution in [2.45, 2.75) is 11.4 Å². The second-order valence-electron chi connectivity index (χ2n) is 5.98. The van der Waals surface area contributed by atoms with Crippen LogP contribution in [0.1, 0.15) is 4.88 Å². The van der Waals surface area contributed by atoms with E-state index in [4.69, 9.17) is 4.74 Å². The molecule has 1 aliphatic rings. The van der Waals surface area contributed by atoms with E-state index in [2.05, 4.69) is 20.8 Å². The van der Waals surface area contributed by atoms with Crippen LogP contribution in [-0.2, 0) is 16.6 Å². The normalized spacial score (nSPS) is 16.4. The molecule has 1 aliphatic heterocycles. The topological polar surface area (TPSA) is 93.0 Å². The highest BCUT2D eigenvalue weighted by Gasteiger charge is 2.32. The number of methoxy groups -OCH3 is 1. The number of hydrogen-bond acceptors (Lipinski definition) is 7. The van der Waals surface area contributed by atoms with E-state index in [1.807, 2.05) is 12.1 Å². The van der Waals surface area contributed by atoms with Crippen molar-refractivity contribution in [3.05, 3.63) is 49.1 Å². The quantitative estimate of drug-likeness (QED) is 0.470. The van der Waals surface area contributed by atoms with E-state index in [1.165, 1.54) is 28.4 Å². The molecule has 8 nitrogen and oxygen atoms in total. The number of nitrogens with zero attached hydrogens (tertiary/aromatic N) is 3. The van der Waals surface area contributed by atoms with E-state index >= 15 is 0 Å². The summed E-state index contributed by atoms with van der Waals surface area (Å²) in [4.78, 5) is 13.6. The van der Waals surface area contributed by atoms with E-state index in [1.54, 1.807) is 11.3 Å². The van der Waals surface area contributed by atoms with Crippen LogP contribution in [-0.4, -0.2) is 55.8 Å². The summed E-state index contributed by atoms with van der Waals surface area (Å²) in [5, 5.41) is 11.0. The molecule has 0 atom stereocenters. The average Bonchev–Trinajstić information content (AvgIpc) is 3.06. The third-order valence-corrected chi connectivity index (χ3v) is 7.84. The minimum absolute atomic E-state index is 0.103. The Kier molecular flexibility index (Phi) is 6.16. The number of halogens is 1. The highest BCUT2D eigenvalue weighted by molar-refractivity contribution is 9.11. The predicted molar refractivity (Wildman–Crippen MR) is 106 cm³/mol. The summed E-state index contributed by atoms with van der Waals surface area (Å²) in [5.41, 5.74) is -0.281. The van der Waals surface area contributed by atoms with Gasteiger partial charge in [0.1, 0.15) is 10.6 Å². The van der Waals surface area contributed by atoms with Crippen molar-refractivity contribution >= 4 is 43.0 Å². The summed E-state index contributed by atoms with van der Waals surface area (Å²) in [6.45, 7) is 2.59. The Labute approximate surface area is 169 Å². The van der Waals surface area contributed by atoms with Gasteiger partial charge in [0.2, 0.25) is 10.0 Å². The van der Waals surface area contributed by atoms with Crippen molar-refractivity contribution in [3.8, 4) is 5.75 Å². The summed E-state index contributed by atoms with van der Waals surface area (Å²) >= 11 is 5.10. The molecular formula is C16H18BrN3O5S2. The van der Waals surface area contributed by atoms with Gasteiger partial charge in [-0.05, 0) is 34.1 Å². The van der Waals surface area contributed by atoms with E-state index < -0.39 is 14.9 Å². The number of sulfonamides is 1. The van der Waals surface area contributed by atoms with Crippen LogP contribution in [0.15, 0.2) is 39.0 Å². The Morgan fingerprint density at radius 3 is 2.48 bits per heavy atom. The van der Waals surface area contributed by atoms with E-state index in [9.17, 15) is 18.5 Å². The highest BCUT2D eigenvalue weighted by Crippen LogP contribution is 2.31. The Hall–Kier alpha value is -1.53. The highest BCUT2D eigenvalue weighted by atomic mass is 79.9. The van der Waals surface area contributed by atoms with E-state index in [0.29, 0.717) is 26.2 Å². The second-order valence-corrected chi connectivity index (χ2v) is 10.4. The number of thiophene rings is 1. The number of non-ortho nitro benzene ring substituents is 1. The van der Waals surface area contributed by atoms with Gasteiger partial charge in [-0.25, -0.2) is 8.42 Å². The molecule has 2 heterocycles. The monoisotopic (exact) mass is 475 g/mol. The van der Waals surface area contributed by atoms with Crippen molar-refractivity contribution in [1.82, 2.24) is 9.21 Å². The molecule has 0 unspecified atom stereocenters. The zero-order valence-electron chi connectivity index (χ0n) is 14.5. The molecule has 1 aromatic heterocycles. The first-order valence-corrected chi connectivity index (χ1v) is 11.2. The van der Waals surface area contributed by atoms with Crippen LogP contribution in [0.5, 0.6) is 5.75 Å². The van der Waals surface area contributed by atoms with Crippen LogP contribution in [0.2, 0.25) is 0 Å². The van der Waals surface area contributed by atoms with E-state index in [-0.39, 0.29) is 16.3 Å². The maximum atomic E-state index is 13.0. The fraction of sp³-hybridized carbons (Fsp3) is 0.375. The molecule has 0 N–H and O–H groups in total. The third kappa shape index (κ3) is 4.49. The lowest BCUT2D eigenvalue weighted by molar-refractivity contribution is -0.385. The standard InChI is InChI=1S/C16H18BrN3O5S2/c1-25-14-4-2-12(20(21)22)10-15(14)27(23,24)19-8-6-18(7-9-19)11-13-3-5-16(17)26-13/h2-5,10H,6-9,11H2,1H3. The van der Waals surface area contributed by atoms with Gasteiger partial charge >= 0.3 is 0 Å². The number of nitro groups is 1. The third-order valence-electron chi connectivity index (χ3n) is 4.32. The van der Waals surface area contributed by atoms with Crippen LogP contribution < -0.4 is 4.74 Å². The average molecular weight is 476 g/mol. The first kappa shape index (κ1) is 20.2. The van der Waals surface area contributed by atoms with Gasteiger partial charge < -0.3 is 4.74 Å². The fourth-order valence-corrected chi connectivity index (χ4v) is 6.03. The molecule has 0 amide bonds. The SMILES string of the molecule is COc1ccc([N+](=O)[O-])cc1S(=O)(=O)N1CCN(Cc2ccc(Br)s2)CC1. The maximum Gasteiger partial charge on any atom is 0.271 e. The number of hydrogen-bond donors (Lipinski definition) is 0. The van der Waals surface area contributed by atoms with Gasteiger partial charge in [0, 0.05) is 49.7 Å². The molecule has 3 rings (SSSR count). The smallest absolute Gasteiger partial charge is 0.271 e. The number of benzene rings is 1. The van der Waals surface area contributed by atoms with Crippen LogP contribution in [0.3, 0.4) is 0 Å². The molecule has 0 spiro atoms. The number of piperazine rings is 1. The molecule has 2 aromatic rings. The molecule has 0 aliphatic carbocycles. The minimum Gasteiger partial charge on any atom is -0.495 e. The maximum absolute atomic E-state index is 13.0. The van der Waals surface area contributed by atoms with Gasteiger partial charge in [-0.3, -0.25) is 15.0 Å². The van der Waals surface area contributed by atoms with Gasteiger partial charge in [0.25, 0.3) is 5.69 Å². The lowest BCUT2D eigenvalue weighted by atomic mass is 10.3. The lowest BCUT2D eigenvalue weighted by Crippen LogP contribution is -2.48. The van der Waals surface area contributed by atoms with Crippen molar-refractivity contribution in [2.24, 2.45) is 0 Å². The Morgan fingerprint density at radius 2 is 1.93 bits per heavy atom. The predicted octanol–water partition coefficient (Wildman–Crippen LogP) is 2.93. The molecule has 0 bridgehead atoms. The minimum atomic E-state index is -3.88. The summed E-state index contributed by atoms with van der Waals surface area (Å²) in [6.07, 6.45) is 0. The van der Waals surface area contributed by atoms with Gasteiger partial charge in [-0.15, -0.1) is 11.3 Å². The summed E-state index contributed by atoms with van der Waals surface area (Å²) in [6, 6.07) is 7.65. The Balaban J connectivity index is 1.75. The number of rotatable bonds is 6. The molecule has 1 fully saturated rings. The largest absolute Gasteiger partial charge is 0.495 e. The number of ether oxygens (including phenoxy) is 1. The van der Waals surface area contributed by atoms with Gasteiger partial charge in [0.05, 0.1) is 15.8 Å². The molecule has 27 heavy (non-hydrogen) atoms. The van der Waals surface area contributed by atoms with Gasteiger partial charge in [0.15, 0.2) is 0 Å². The fourth-order valence-electron chi connectivity index (χ4n) is 2.90. The van der Waals surface area contributed by atoms with Crippen molar-refractivity contribution in [3.63, 3.8) is 0 Å². The van der Waals surface area contributed by atoms with Crippen molar-refractivity contribution in [1.29, 1.82) is 0 Å². The van der Waals surface area contributed by atoms with Crippen molar-refractivity contribution < 1.29 is 18.1 Å². The number of nitro benzene ring substituents is 1. The Bertz CT molecular complexity index is 939. The zero-order chi connectivity index (χ0) is 19.6. The van der Waals surface area contributed by atoms with Gasteiger partial charge in [-0.2, -0.15) is 4.31 Å².